The van der Waals surface area contributed by atoms with Gasteiger partial charge in [-0.2, -0.15) is 8.78 Å². The third kappa shape index (κ3) is 3.96. The zero-order valence-corrected chi connectivity index (χ0v) is 14.6. The highest BCUT2D eigenvalue weighted by atomic mass is 19.3. The number of halogens is 4. The number of alkyl halides is 4. The Labute approximate surface area is 161 Å². The quantitative estimate of drug-likeness (QED) is 0.454. The highest BCUT2D eigenvalue weighted by Gasteiger charge is 2.21. The normalized spacial score (nSPS) is 11.4. The third-order valence-electron chi connectivity index (χ3n) is 3.98. The number of benzene rings is 2. The number of nitrogens with zero attached hydrogens (tertiary/aromatic N) is 4. The van der Waals surface area contributed by atoms with Gasteiger partial charge in [0.15, 0.2) is 17.5 Å². The van der Waals surface area contributed by atoms with Crippen LogP contribution in [0.3, 0.4) is 0 Å². The maximum atomic E-state index is 13.5. The number of ether oxygens (including phenoxy) is 1. The van der Waals surface area contributed by atoms with E-state index in [1.54, 1.807) is 24.3 Å². The third-order valence-corrected chi connectivity index (χ3v) is 3.98. The van der Waals surface area contributed by atoms with Crippen LogP contribution in [0.5, 0.6) is 5.75 Å². The molecule has 2 aromatic carbocycles. The van der Waals surface area contributed by atoms with Crippen LogP contribution >= 0.6 is 0 Å². The van der Waals surface area contributed by atoms with Crippen molar-refractivity contribution in [3.8, 4) is 11.6 Å². The molecule has 0 bridgehead atoms. The molecule has 0 saturated carbocycles. The van der Waals surface area contributed by atoms with Gasteiger partial charge >= 0.3 is 6.61 Å². The van der Waals surface area contributed by atoms with E-state index in [9.17, 15) is 17.6 Å². The van der Waals surface area contributed by atoms with Gasteiger partial charge in [-0.05, 0) is 36.4 Å². The molecule has 0 amide bonds. The summed E-state index contributed by atoms with van der Waals surface area (Å²) in [5.41, 5.74) is 1.42. The monoisotopic (exact) mass is 403 g/mol. The minimum absolute atomic E-state index is 0.0110. The van der Waals surface area contributed by atoms with Crippen molar-refractivity contribution in [3.05, 3.63) is 66.7 Å². The Hall–Kier alpha value is -3.69. The number of para-hydroxylation sites is 2. The van der Waals surface area contributed by atoms with Crippen LogP contribution in [-0.2, 0) is 0 Å². The van der Waals surface area contributed by atoms with E-state index in [-0.39, 0.29) is 17.4 Å². The number of nitrogens with one attached hydrogen (secondary N) is 1. The van der Waals surface area contributed by atoms with Crippen molar-refractivity contribution >= 4 is 22.5 Å². The van der Waals surface area contributed by atoms with Gasteiger partial charge in [-0.3, -0.25) is 9.55 Å². The maximum Gasteiger partial charge on any atom is 0.387 e. The van der Waals surface area contributed by atoms with Gasteiger partial charge in [0.1, 0.15) is 5.75 Å². The molecular weight excluding hydrogens is 390 g/mol. The van der Waals surface area contributed by atoms with Crippen LogP contribution in [0, 0.1) is 0 Å². The minimum Gasteiger partial charge on any atom is -0.435 e. The molecule has 4 rings (SSSR count). The first-order valence-corrected chi connectivity index (χ1v) is 8.41. The lowest BCUT2D eigenvalue weighted by molar-refractivity contribution is -0.0498. The summed E-state index contributed by atoms with van der Waals surface area (Å²) in [7, 11) is 0. The molecule has 2 aromatic heterocycles. The molecular formula is C19H13F4N5O. The molecule has 0 unspecified atom stereocenters. The second kappa shape index (κ2) is 7.74. The van der Waals surface area contributed by atoms with Gasteiger partial charge in [-0.1, -0.05) is 12.1 Å². The summed E-state index contributed by atoms with van der Waals surface area (Å²) in [6.45, 7) is -2.91. The smallest absolute Gasteiger partial charge is 0.387 e. The van der Waals surface area contributed by atoms with Gasteiger partial charge in [0.05, 0.1) is 23.4 Å². The molecule has 0 fully saturated rings. The summed E-state index contributed by atoms with van der Waals surface area (Å²) in [5.74, 6) is 0.0164. The number of hydrogen-bond acceptors (Lipinski definition) is 5. The predicted molar refractivity (Wildman–Crippen MR) is 98.0 cm³/mol. The lowest BCUT2D eigenvalue weighted by Crippen LogP contribution is -2.06. The van der Waals surface area contributed by atoms with Gasteiger partial charge in [-0.15, -0.1) is 0 Å². The summed E-state index contributed by atoms with van der Waals surface area (Å²) < 4.78 is 57.0. The molecule has 1 N–H and O–H groups in total. The van der Waals surface area contributed by atoms with Crippen molar-refractivity contribution in [2.45, 2.75) is 13.0 Å². The predicted octanol–water partition coefficient (Wildman–Crippen LogP) is 5.10. The first-order valence-electron chi connectivity index (χ1n) is 8.41. The van der Waals surface area contributed by atoms with Crippen LogP contribution in [0.15, 0.2) is 60.9 Å². The zero-order chi connectivity index (χ0) is 20.4. The number of anilines is 2. The molecule has 29 heavy (non-hydrogen) atoms. The van der Waals surface area contributed by atoms with Gasteiger partial charge in [0.2, 0.25) is 0 Å². The van der Waals surface area contributed by atoms with E-state index < -0.39 is 18.9 Å². The molecule has 0 atom stereocenters. The number of aromatic nitrogens is 4. The van der Waals surface area contributed by atoms with E-state index in [0.29, 0.717) is 16.7 Å². The molecule has 2 heterocycles. The Morgan fingerprint density at radius 2 is 1.66 bits per heavy atom. The largest absolute Gasteiger partial charge is 0.435 e. The summed E-state index contributed by atoms with van der Waals surface area (Å²) in [5, 5.41) is 2.95. The summed E-state index contributed by atoms with van der Waals surface area (Å²) >= 11 is 0. The second-order valence-electron chi connectivity index (χ2n) is 5.89. The van der Waals surface area contributed by atoms with Gasteiger partial charge in [0.25, 0.3) is 6.43 Å². The molecule has 0 aliphatic rings. The number of rotatable bonds is 6. The molecule has 0 aliphatic heterocycles. The summed E-state index contributed by atoms with van der Waals surface area (Å²) in [4.78, 5) is 12.4. The minimum atomic E-state index is -2.91. The van der Waals surface area contributed by atoms with Crippen LogP contribution in [-0.4, -0.2) is 26.1 Å². The molecule has 148 valence electrons. The Morgan fingerprint density at radius 3 is 2.38 bits per heavy atom. The number of imidazole rings is 1. The van der Waals surface area contributed by atoms with Crippen LogP contribution in [0.4, 0.5) is 29.1 Å². The van der Waals surface area contributed by atoms with Crippen molar-refractivity contribution < 1.29 is 22.3 Å². The molecule has 0 spiro atoms. The fourth-order valence-electron chi connectivity index (χ4n) is 2.82. The van der Waals surface area contributed by atoms with Crippen LogP contribution in [0.25, 0.3) is 16.9 Å². The second-order valence-corrected chi connectivity index (χ2v) is 5.89. The van der Waals surface area contributed by atoms with Crippen molar-refractivity contribution in [2.24, 2.45) is 0 Å². The Morgan fingerprint density at radius 1 is 0.897 bits per heavy atom. The molecule has 0 aliphatic carbocycles. The van der Waals surface area contributed by atoms with E-state index >= 15 is 0 Å². The molecule has 0 saturated heterocycles. The summed E-state index contributed by atoms with van der Waals surface area (Å²) in [6.07, 6.45) is -0.0397. The molecule has 4 aromatic rings. The molecule has 6 nitrogen and oxygen atoms in total. The molecule has 10 heteroatoms. The van der Waals surface area contributed by atoms with E-state index in [2.05, 4.69) is 25.0 Å². The first-order chi connectivity index (χ1) is 14.0. The SMILES string of the molecule is FC(F)Oc1ccc(Nc2cncc(-n3c(C(F)F)nc4ccccc43)n2)cc1. The fraction of sp³-hybridized carbons (Fsp3) is 0.105. The van der Waals surface area contributed by atoms with Crippen molar-refractivity contribution in [1.29, 1.82) is 0 Å². The summed E-state index contributed by atoms with van der Waals surface area (Å²) in [6, 6.07) is 12.5. The van der Waals surface area contributed by atoms with Crippen molar-refractivity contribution in [2.75, 3.05) is 5.32 Å². The van der Waals surface area contributed by atoms with Gasteiger partial charge in [-0.25, -0.2) is 18.7 Å². The maximum absolute atomic E-state index is 13.5. The average Bonchev–Trinajstić information content (AvgIpc) is 3.09. The van der Waals surface area contributed by atoms with Crippen LogP contribution in [0.2, 0.25) is 0 Å². The fourth-order valence-corrected chi connectivity index (χ4v) is 2.82. The average molecular weight is 403 g/mol. The molecule has 0 radical (unpaired) electrons. The highest BCUT2D eigenvalue weighted by molar-refractivity contribution is 5.78. The lowest BCUT2D eigenvalue weighted by atomic mass is 10.3. The van der Waals surface area contributed by atoms with E-state index in [1.807, 2.05) is 0 Å². The Kier molecular flexibility index (Phi) is 4.98. The first kappa shape index (κ1) is 18.7. The Bertz CT molecular complexity index is 1130. The highest BCUT2D eigenvalue weighted by Crippen LogP contribution is 2.27. The van der Waals surface area contributed by atoms with Gasteiger partial charge in [0, 0.05) is 5.69 Å². The zero-order valence-electron chi connectivity index (χ0n) is 14.6. The van der Waals surface area contributed by atoms with Crippen LogP contribution < -0.4 is 10.1 Å². The van der Waals surface area contributed by atoms with Crippen molar-refractivity contribution in [1.82, 2.24) is 19.5 Å². The standard InChI is InChI=1S/C19H13F4N5O/c20-17(21)18-26-13-3-1-2-4-14(13)28(18)16-10-24-9-15(27-16)25-11-5-7-12(8-6-11)29-19(22)23/h1-10,17,19H,(H,25,27). The van der Waals surface area contributed by atoms with Crippen LogP contribution in [0.1, 0.15) is 12.2 Å². The number of fused-ring (bicyclic) bond motifs is 1. The van der Waals surface area contributed by atoms with E-state index in [1.165, 1.54) is 41.2 Å². The topological polar surface area (TPSA) is 64.9 Å². The lowest BCUT2D eigenvalue weighted by Gasteiger charge is -2.11. The number of hydrogen-bond donors (Lipinski definition) is 1. The van der Waals surface area contributed by atoms with Gasteiger partial charge < -0.3 is 10.1 Å². The van der Waals surface area contributed by atoms with Crippen molar-refractivity contribution in [3.63, 3.8) is 0 Å². The Balaban J connectivity index is 1.66. The van der Waals surface area contributed by atoms with E-state index in [0.717, 1.165) is 0 Å². The van der Waals surface area contributed by atoms with E-state index in [4.69, 9.17) is 0 Å².